The molecule has 0 radical (unpaired) electrons. The molecule has 0 aliphatic heterocycles. The van der Waals surface area contributed by atoms with Crippen LogP contribution in [0.5, 0.6) is 0 Å². The minimum absolute atomic E-state index is 0.193. The van der Waals surface area contributed by atoms with Crippen LogP contribution in [0, 0.1) is 0 Å². The summed E-state index contributed by atoms with van der Waals surface area (Å²) in [5.41, 5.74) is 1.60. The zero-order valence-electron chi connectivity index (χ0n) is 11.6. The number of pyridine rings is 1. The van der Waals surface area contributed by atoms with Crippen LogP contribution in [0.1, 0.15) is 34.8 Å². The van der Waals surface area contributed by atoms with Gasteiger partial charge in [0.1, 0.15) is 12.1 Å². The SMILES string of the molecule is O=C(Nc1nc(C2CC2)cs1)c1ccc(-n2ccnc2)nc1. The number of thiazole rings is 1. The fourth-order valence-electron chi connectivity index (χ4n) is 2.15. The summed E-state index contributed by atoms with van der Waals surface area (Å²) >= 11 is 1.47. The van der Waals surface area contributed by atoms with Crippen LogP contribution in [-0.2, 0) is 0 Å². The maximum absolute atomic E-state index is 12.2. The van der Waals surface area contributed by atoms with Gasteiger partial charge in [-0.2, -0.15) is 0 Å². The molecule has 3 aromatic heterocycles. The predicted octanol–water partition coefficient (Wildman–Crippen LogP) is 2.85. The van der Waals surface area contributed by atoms with Crippen molar-refractivity contribution in [2.24, 2.45) is 0 Å². The van der Waals surface area contributed by atoms with E-state index in [4.69, 9.17) is 0 Å². The Kier molecular flexibility index (Phi) is 3.19. The van der Waals surface area contributed by atoms with Gasteiger partial charge in [0.05, 0.1) is 11.3 Å². The number of anilines is 1. The van der Waals surface area contributed by atoms with E-state index in [1.807, 2.05) is 5.38 Å². The van der Waals surface area contributed by atoms with Crippen LogP contribution in [0.4, 0.5) is 5.13 Å². The van der Waals surface area contributed by atoms with Gasteiger partial charge in [0.2, 0.25) is 0 Å². The number of aromatic nitrogens is 4. The summed E-state index contributed by atoms with van der Waals surface area (Å²) in [7, 11) is 0. The normalized spacial score (nSPS) is 14.0. The molecule has 0 aromatic carbocycles. The van der Waals surface area contributed by atoms with Crippen LogP contribution < -0.4 is 5.32 Å². The van der Waals surface area contributed by atoms with Crippen molar-refractivity contribution in [3.63, 3.8) is 0 Å². The first-order chi connectivity index (χ1) is 10.8. The van der Waals surface area contributed by atoms with Crippen LogP contribution in [0.25, 0.3) is 5.82 Å². The molecule has 1 fully saturated rings. The molecular weight excluding hydrogens is 298 g/mol. The molecule has 1 saturated carbocycles. The van der Waals surface area contributed by atoms with Crippen molar-refractivity contribution in [2.75, 3.05) is 5.32 Å². The van der Waals surface area contributed by atoms with Crippen molar-refractivity contribution in [3.8, 4) is 5.82 Å². The lowest BCUT2D eigenvalue weighted by Crippen LogP contribution is -2.12. The number of carbonyl (C=O) groups is 1. The van der Waals surface area contributed by atoms with Crippen LogP contribution in [-0.4, -0.2) is 25.4 Å². The van der Waals surface area contributed by atoms with Gasteiger partial charge in [0, 0.05) is 29.9 Å². The third-order valence-electron chi connectivity index (χ3n) is 3.52. The van der Waals surface area contributed by atoms with Gasteiger partial charge < -0.3 is 0 Å². The van der Waals surface area contributed by atoms with Crippen molar-refractivity contribution in [1.82, 2.24) is 19.5 Å². The number of nitrogens with one attached hydrogen (secondary N) is 1. The fraction of sp³-hybridized carbons (Fsp3) is 0.200. The quantitative estimate of drug-likeness (QED) is 0.804. The Hall–Kier alpha value is -2.54. The van der Waals surface area contributed by atoms with Crippen LogP contribution in [0.15, 0.2) is 42.4 Å². The lowest BCUT2D eigenvalue weighted by molar-refractivity contribution is 0.102. The summed E-state index contributed by atoms with van der Waals surface area (Å²) in [5, 5.41) is 5.49. The van der Waals surface area contributed by atoms with Crippen molar-refractivity contribution >= 4 is 22.4 Å². The van der Waals surface area contributed by atoms with Gasteiger partial charge in [-0.3, -0.25) is 14.7 Å². The Bertz CT molecular complexity index is 790. The summed E-state index contributed by atoms with van der Waals surface area (Å²) in [5.74, 6) is 1.12. The first kappa shape index (κ1) is 13.1. The number of amides is 1. The second-order valence-corrected chi connectivity index (χ2v) is 6.04. The minimum atomic E-state index is -0.193. The van der Waals surface area contributed by atoms with Crippen molar-refractivity contribution in [2.45, 2.75) is 18.8 Å². The molecule has 0 unspecified atom stereocenters. The molecule has 1 amide bonds. The minimum Gasteiger partial charge on any atom is -0.298 e. The summed E-state index contributed by atoms with van der Waals surface area (Å²) < 4.78 is 1.78. The monoisotopic (exact) mass is 311 g/mol. The van der Waals surface area contributed by atoms with Gasteiger partial charge in [-0.25, -0.2) is 15.0 Å². The molecule has 1 aliphatic rings. The summed E-state index contributed by atoms with van der Waals surface area (Å²) in [4.78, 5) is 24.9. The lowest BCUT2D eigenvalue weighted by atomic mass is 10.2. The summed E-state index contributed by atoms with van der Waals surface area (Å²) in [6, 6.07) is 3.53. The largest absolute Gasteiger partial charge is 0.298 e. The maximum atomic E-state index is 12.2. The Morgan fingerprint density at radius 3 is 2.95 bits per heavy atom. The first-order valence-corrected chi connectivity index (χ1v) is 7.89. The predicted molar refractivity (Wildman–Crippen MR) is 83.4 cm³/mol. The molecule has 22 heavy (non-hydrogen) atoms. The highest BCUT2D eigenvalue weighted by Gasteiger charge is 2.26. The topological polar surface area (TPSA) is 72.7 Å². The highest BCUT2D eigenvalue weighted by Crippen LogP contribution is 2.40. The maximum Gasteiger partial charge on any atom is 0.259 e. The highest BCUT2D eigenvalue weighted by atomic mass is 32.1. The van der Waals surface area contributed by atoms with E-state index in [0.29, 0.717) is 16.6 Å². The van der Waals surface area contributed by atoms with E-state index in [0.717, 1.165) is 11.5 Å². The molecule has 7 heteroatoms. The number of imidazole rings is 1. The summed E-state index contributed by atoms with van der Waals surface area (Å²) in [6.45, 7) is 0. The van der Waals surface area contributed by atoms with E-state index < -0.39 is 0 Å². The van der Waals surface area contributed by atoms with E-state index in [-0.39, 0.29) is 5.91 Å². The third-order valence-corrected chi connectivity index (χ3v) is 4.29. The van der Waals surface area contributed by atoms with Gasteiger partial charge >= 0.3 is 0 Å². The van der Waals surface area contributed by atoms with Crippen molar-refractivity contribution < 1.29 is 4.79 Å². The number of nitrogens with zero attached hydrogens (tertiary/aromatic N) is 4. The smallest absolute Gasteiger partial charge is 0.259 e. The molecule has 3 aromatic rings. The van der Waals surface area contributed by atoms with Crippen LogP contribution in [0.2, 0.25) is 0 Å². The number of hydrogen-bond donors (Lipinski definition) is 1. The van der Waals surface area contributed by atoms with E-state index in [2.05, 4.69) is 20.3 Å². The van der Waals surface area contributed by atoms with E-state index in [9.17, 15) is 4.79 Å². The lowest BCUT2D eigenvalue weighted by Gasteiger charge is -2.04. The van der Waals surface area contributed by atoms with Gasteiger partial charge in [0.25, 0.3) is 5.91 Å². The molecule has 1 aliphatic carbocycles. The molecule has 0 spiro atoms. The highest BCUT2D eigenvalue weighted by molar-refractivity contribution is 7.14. The van der Waals surface area contributed by atoms with E-state index in [1.165, 1.54) is 24.2 Å². The molecular formula is C15H13N5OS. The standard InChI is InChI=1S/C15H13N5OS/c21-14(19-15-18-12(8-22-15)10-1-2-10)11-3-4-13(17-7-11)20-6-5-16-9-20/h3-10H,1-2H2,(H,18,19,21). The Morgan fingerprint density at radius 2 is 2.27 bits per heavy atom. The van der Waals surface area contributed by atoms with Gasteiger partial charge in [-0.05, 0) is 25.0 Å². The average molecular weight is 311 g/mol. The van der Waals surface area contributed by atoms with Gasteiger partial charge in [0.15, 0.2) is 5.13 Å². The molecule has 0 atom stereocenters. The molecule has 0 saturated heterocycles. The second kappa shape index (κ2) is 5.34. The molecule has 4 rings (SSSR count). The zero-order valence-corrected chi connectivity index (χ0v) is 12.5. The Balaban J connectivity index is 1.47. The van der Waals surface area contributed by atoms with Crippen LogP contribution in [0.3, 0.4) is 0 Å². The average Bonchev–Trinajstić information content (AvgIpc) is 3.06. The van der Waals surface area contributed by atoms with Gasteiger partial charge in [-0.1, -0.05) is 0 Å². The first-order valence-electron chi connectivity index (χ1n) is 7.01. The Labute approximate surface area is 130 Å². The second-order valence-electron chi connectivity index (χ2n) is 5.18. The molecule has 1 N–H and O–H groups in total. The van der Waals surface area contributed by atoms with Crippen molar-refractivity contribution in [1.29, 1.82) is 0 Å². The fourth-order valence-corrected chi connectivity index (χ4v) is 2.93. The molecule has 110 valence electrons. The molecule has 3 heterocycles. The Morgan fingerprint density at radius 1 is 1.36 bits per heavy atom. The van der Waals surface area contributed by atoms with Crippen molar-refractivity contribution in [3.05, 3.63) is 53.7 Å². The summed E-state index contributed by atoms with van der Waals surface area (Å²) in [6.07, 6.45) is 9.11. The molecule has 0 bridgehead atoms. The third kappa shape index (κ3) is 2.62. The number of carbonyl (C=O) groups excluding carboxylic acids is 1. The number of rotatable bonds is 4. The van der Waals surface area contributed by atoms with E-state index >= 15 is 0 Å². The van der Waals surface area contributed by atoms with E-state index in [1.54, 1.807) is 41.6 Å². The number of hydrogen-bond acceptors (Lipinski definition) is 5. The van der Waals surface area contributed by atoms with Crippen LogP contribution >= 0.6 is 11.3 Å². The zero-order chi connectivity index (χ0) is 14.9. The van der Waals surface area contributed by atoms with Gasteiger partial charge in [-0.15, -0.1) is 11.3 Å². The molecule has 6 nitrogen and oxygen atoms in total.